The van der Waals surface area contributed by atoms with Gasteiger partial charge in [-0.15, -0.1) is 0 Å². The molecule has 0 bridgehead atoms. The van der Waals surface area contributed by atoms with E-state index in [-0.39, 0.29) is 18.1 Å². The van der Waals surface area contributed by atoms with E-state index in [0.29, 0.717) is 6.42 Å². The van der Waals surface area contributed by atoms with Gasteiger partial charge in [-0.1, -0.05) is 99.7 Å². The Morgan fingerprint density at radius 2 is 1.50 bits per heavy atom. The molecule has 0 fully saturated rings. The predicted octanol–water partition coefficient (Wildman–Crippen LogP) is 7.71. The van der Waals surface area contributed by atoms with E-state index in [1.807, 2.05) is 20.8 Å². The highest BCUT2D eigenvalue weighted by atomic mass is 16.6. The number of benzene rings is 2. The Balaban J connectivity index is 2.26. The summed E-state index contributed by atoms with van der Waals surface area (Å²) in [5.74, 6) is -0.102. The van der Waals surface area contributed by atoms with E-state index < -0.39 is 5.60 Å². The smallest absolute Gasteiger partial charge is 0.307 e. The summed E-state index contributed by atoms with van der Waals surface area (Å²) in [5.41, 5.74) is 2.09. The summed E-state index contributed by atoms with van der Waals surface area (Å²) in [6, 6.07) is 21.6. The quantitative estimate of drug-likeness (QED) is 0.237. The lowest BCUT2D eigenvalue weighted by molar-refractivity contribution is -0.156. The van der Waals surface area contributed by atoms with Crippen molar-refractivity contribution in [2.24, 2.45) is 0 Å². The second-order valence-electron chi connectivity index (χ2n) is 9.89. The molecule has 176 valence electrons. The topological polar surface area (TPSA) is 29.5 Å². The number of unbranched alkanes of at least 4 members (excludes halogenated alkanes) is 4. The molecule has 2 rings (SSSR count). The second kappa shape index (κ2) is 13.4. The SMILES string of the molecule is CCCCCCC[C@H](CC(=O)OC(C)(C)C)N(Cc1ccccc1)[C@H](C)c1ccccc1. The van der Waals surface area contributed by atoms with Crippen LogP contribution in [0.4, 0.5) is 0 Å². The predicted molar refractivity (Wildman–Crippen MR) is 134 cm³/mol. The molecule has 32 heavy (non-hydrogen) atoms. The molecular weight excluding hydrogens is 394 g/mol. The Morgan fingerprint density at radius 3 is 2.09 bits per heavy atom. The van der Waals surface area contributed by atoms with Crippen LogP contribution in [0.5, 0.6) is 0 Å². The molecule has 0 aromatic heterocycles. The van der Waals surface area contributed by atoms with Crippen molar-refractivity contribution in [1.82, 2.24) is 4.90 Å². The number of nitrogens with zero attached hydrogens (tertiary/aromatic N) is 1. The Kier molecular flexibility index (Phi) is 11.0. The molecule has 3 heteroatoms. The number of carbonyl (C=O) groups is 1. The van der Waals surface area contributed by atoms with Crippen LogP contribution in [0.3, 0.4) is 0 Å². The average Bonchev–Trinajstić information content (AvgIpc) is 2.76. The highest BCUT2D eigenvalue weighted by Gasteiger charge is 2.28. The van der Waals surface area contributed by atoms with Gasteiger partial charge in [0.15, 0.2) is 0 Å². The average molecular weight is 438 g/mol. The van der Waals surface area contributed by atoms with Crippen LogP contribution in [0, 0.1) is 0 Å². The monoisotopic (exact) mass is 437 g/mol. The molecule has 0 saturated heterocycles. The summed E-state index contributed by atoms with van der Waals surface area (Å²) in [4.78, 5) is 15.4. The van der Waals surface area contributed by atoms with E-state index in [1.54, 1.807) is 0 Å². The van der Waals surface area contributed by atoms with Crippen LogP contribution >= 0.6 is 0 Å². The third-order valence-electron chi connectivity index (χ3n) is 5.92. The number of hydrogen-bond donors (Lipinski definition) is 0. The van der Waals surface area contributed by atoms with Crippen LogP contribution in [-0.2, 0) is 16.1 Å². The minimum Gasteiger partial charge on any atom is -0.460 e. The van der Waals surface area contributed by atoms with Crippen LogP contribution in [0.25, 0.3) is 0 Å². The van der Waals surface area contributed by atoms with E-state index in [4.69, 9.17) is 4.74 Å². The molecule has 0 unspecified atom stereocenters. The van der Waals surface area contributed by atoms with E-state index >= 15 is 0 Å². The van der Waals surface area contributed by atoms with Gasteiger partial charge in [-0.25, -0.2) is 0 Å². The van der Waals surface area contributed by atoms with E-state index in [0.717, 1.165) is 19.4 Å². The molecule has 0 spiro atoms. The highest BCUT2D eigenvalue weighted by molar-refractivity contribution is 5.70. The summed E-state index contributed by atoms with van der Waals surface area (Å²) in [6.07, 6.45) is 7.58. The van der Waals surface area contributed by atoms with E-state index in [9.17, 15) is 4.79 Å². The van der Waals surface area contributed by atoms with Gasteiger partial charge in [0.2, 0.25) is 0 Å². The lowest BCUT2D eigenvalue weighted by atomic mass is 9.97. The van der Waals surface area contributed by atoms with Crippen LogP contribution in [0.2, 0.25) is 0 Å². The summed E-state index contributed by atoms with van der Waals surface area (Å²) < 4.78 is 5.73. The van der Waals surface area contributed by atoms with Crippen LogP contribution in [0.1, 0.15) is 96.7 Å². The second-order valence-corrected chi connectivity index (χ2v) is 9.89. The number of ether oxygens (including phenoxy) is 1. The van der Waals surface area contributed by atoms with Crippen molar-refractivity contribution < 1.29 is 9.53 Å². The number of rotatable bonds is 13. The van der Waals surface area contributed by atoms with Gasteiger partial charge < -0.3 is 4.74 Å². The van der Waals surface area contributed by atoms with E-state index in [1.165, 1.54) is 36.8 Å². The zero-order valence-electron chi connectivity index (χ0n) is 20.8. The molecule has 2 aromatic rings. The van der Waals surface area contributed by atoms with Crippen molar-refractivity contribution in [3.63, 3.8) is 0 Å². The Labute approximate surface area is 196 Å². The molecule has 0 N–H and O–H groups in total. The molecule has 2 aromatic carbocycles. The third-order valence-corrected chi connectivity index (χ3v) is 5.92. The van der Waals surface area contributed by atoms with Gasteiger partial charge in [-0.05, 0) is 45.2 Å². The fraction of sp³-hybridized carbons (Fsp3) is 0.552. The molecule has 0 radical (unpaired) electrons. The van der Waals surface area contributed by atoms with Crippen LogP contribution in [-0.4, -0.2) is 22.5 Å². The first kappa shape index (κ1) is 26.1. The fourth-order valence-corrected chi connectivity index (χ4v) is 4.24. The van der Waals surface area contributed by atoms with Crippen molar-refractivity contribution >= 4 is 5.97 Å². The van der Waals surface area contributed by atoms with Gasteiger partial charge in [0, 0.05) is 18.6 Å². The molecule has 3 nitrogen and oxygen atoms in total. The van der Waals surface area contributed by atoms with Crippen molar-refractivity contribution in [2.75, 3.05) is 0 Å². The molecule has 0 aliphatic heterocycles. The lowest BCUT2D eigenvalue weighted by Crippen LogP contribution is -2.39. The van der Waals surface area contributed by atoms with Crippen LogP contribution < -0.4 is 0 Å². The van der Waals surface area contributed by atoms with Crippen molar-refractivity contribution in [2.45, 2.75) is 104 Å². The summed E-state index contributed by atoms with van der Waals surface area (Å²) >= 11 is 0. The summed E-state index contributed by atoms with van der Waals surface area (Å²) in [7, 11) is 0. The standard InChI is InChI=1S/C29H43NO2/c1-6-7-8-9-16-21-27(22-28(31)32-29(3,4)5)30(23-25-17-12-10-13-18-25)24(2)26-19-14-11-15-20-26/h10-15,17-20,24,27H,6-9,16,21-23H2,1-5H3/t24-,27-/m1/s1. The maximum absolute atomic E-state index is 12.9. The molecule has 0 aliphatic rings. The Bertz CT molecular complexity index is 767. The molecule has 0 heterocycles. The normalized spacial score (nSPS) is 13.7. The van der Waals surface area contributed by atoms with Gasteiger partial charge in [-0.2, -0.15) is 0 Å². The van der Waals surface area contributed by atoms with E-state index in [2.05, 4.69) is 79.4 Å². The van der Waals surface area contributed by atoms with Gasteiger partial charge in [-0.3, -0.25) is 9.69 Å². The molecule has 0 amide bonds. The van der Waals surface area contributed by atoms with Gasteiger partial charge in [0.1, 0.15) is 5.60 Å². The van der Waals surface area contributed by atoms with Crippen LogP contribution in [0.15, 0.2) is 60.7 Å². The molecule has 0 aliphatic carbocycles. The highest BCUT2D eigenvalue weighted by Crippen LogP contribution is 2.29. The third kappa shape index (κ3) is 9.56. The van der Waals surface area contributed by atoms with Crippen molar-refractivity contribution in [3.8, 4) is 0 Å². The fourth-order valence-electron chi connectivity index (χ4n) is 4.24. The molecular formula is C29H43NO2. The lowest BCUT2D eigenvalue weighted by Gasteiger charge is -2.37. The van der Waals surface area contributed by atoms with Crippen molar-refractivity contribution in [1.29, 1.82) is 0 Å². The first-order valence-corrected chi connectivity index (χ1v) is 12.4. The number of hydrogen-bond acceptors (Lipinski definition) is 3. The summed E-state index contributed by atoms with van der Waals surface area (Å²) in [5, 5.41) is 0. The minimum absolute atomic E-state index is 0.102. The summed E-state index contributed by atoms with van der Waals surface area (Å²) in [6.45, 7) is 11.2. The Morgan fingerprint density at radius 1 is 0.906 bits per heavy atom. The molecule has 2 atom stereocenters. The number of carbonyl (C=O) groups excluding carboxylic acids is 1. The minimum atomic E-state index is -0.460. The van der Waals surface area contributed by atoms with Gasteiger partial charge >= 0.3 is 5.97 Å². The van der Waals surface area contributed by atoms with Crippen molar-refractivity contribution in [3.05, 3.63) is 71.8 Å². The maximum atomic E-state index is 12.9. The number of esters is 1. The largest absolute Gasteiger partial charge is 0.460 e. The van der Waals surface area contributed by atoms with Gasteiger partial charge in [0.25, 0.3) is 0 Å². The Hall–Kier alpha value is -2.13. The zero-order chi connectivity index (χ0) is 23.4. The maximum Gasteiger partial charge on any atom is 0.307 e. The zero-order valence-corrected chi connectivity index (χ0v) is 20.8. The first-order chi connectivity index (χ1) is 15.3. The molecule has 0 saturated carbocycles. The van der Waals surface area contributed by atoms with Gasteiger partial charge in [0.05, 0.1) is 6.42 Å². The first-order valence-electron chi connectivity index (χ1n) is 12.4.